The van der Waals surface area contributed by atoms with E-state index in [9.17, 15) is 0 Å². The number of fused-ring (bicyclic) bond motifs is 1. The molecule has 15 heavy (non-hydrogen) atoms. The van der Waals surface area contributed by atoms with E-state index in [0.29, 0.717) is 5.88 Å². The van der Waals surface area contributed by atoms with Gasteiger partial charge in [-0.25, -0.2) is 4.98 Å². The molecule has 1 aromatic heterocycles. The van der Waals surface area contributed by atoms with Crippen molar-refractivity contribution in [3.05, 3.63) is 29.8 Å². The summed E-state index contributed by atoms with van der Waals surface area (Å²) < 4.78 is 10.3. The van der Waals surface area contributed by atoms with Crippen LogP contribution in [0.5, 0.6) is 11.6 Å². The average molecular weight is 203 g/mol. The zero-order chi connectivity index (χ0) is 10.8. The fourth-order valence-corrected chi connectivity index (χ4v) is 1.58. The lowest BCUT2D eigenvalue weighted by Crippen LogP contribution is -1.91. The topological polar surface area (TPSA) is 31.4 Å². The fourth-order valence-electron chi connectivity index (χ4n) is 1.58. The van der Waals surface area contributed by atoms with E-state index >= 15 is 0 Å². The van der Waals surface area contributed by atoms with Crippen LogP contribution in [0.2, 0.25) is 0 Å². The van der Waals surface area contributed by atoms with Crippen molar-refractivity contribution in [1.82, 2.24) is 4.98 Å². The molecule has 0 bridgehead atoms. The molecule has 0 amide bonds. The molecular formula is C12H13NO2. The molecule has 0 spiro atoms. The molecule has 0 aliphatic carbocycles. The van der Waals surface area contributed by atoms with Gasteiger partial charge in [-0.3, -0.25) is 0 Å². The van der Waals surface area contributed by atoms with E-state index in [0.717, 1.165) is 22.2 Å². The Kier molecular flexibility index (Phi) is 2.46. The largest absolute Gasteiger partial charge is 0.497 e. The minimum atomic E-state index is 0.633. The second kappa shape index (κ2) is 3.77. The highest BCUT2D eigenvalue weighted by atomic mass is 16.5. The van der Waals surface area contributed by atoms with E-state index in [1.54, 1.807) is 14.2 Å². The Morgan fingerprint density at radius 3 is 2.53 bits per heavy atom. The Labute approximate surface area is 88.7 Å². The number of rotatable bonds is 2. The number of hydrogen-bond acceptors (Lipinski definition) is 3. The summed E-state index contributed by atoms with van der Waals surface area (Å²) >= 11 is 0. The van der Waals surface area contributed by atoms with Crippen LogP contribution in [-0.2, 0) is 0 Å². The molecule has 2 aromatic rings. The van der Waals surface area contributed by atoms with Gasteiger partial charge in [0.2, 0.25) is 5.88 Å². The van der Waals surface area contributed by atoms with Gasteiger partial charge in [0.05, 0.1) is 19.7 Å². The maximum Gasteiger partial charge on any atom is 0.213 e. The highest BCUT2D eigenvalue weighted by Gasteiger charge is 2.03. The van der Waals surface area contributed by atoms with Gasteiger partial charge in [-0.2, -0.15) is 0 Å². The summed E-state index contributed by atoms with van der Waals surface area (Å²) in [4.78, 5) is 4.36. The van der Waals surface area contributed by atoms with Gasteiger partial charge >= 0.3 is 0 Å². The van der Waals surface area contributed by atoms with Crippen molar-refractivity contribution in [2.45, 2.75) is 6.92 Å². The maximum absolute atomic E-state index is 5.15. The van der Waals surface area contributed by atoms with Gasteiger partial charge in [-0.1, -0.05) is 0 Å². The van der Waals surface area contributed by atoms with Crippen LogP contribution < -0.4 is 9.47 Å². The second-order valence-electron chi connectivity index (χ2n) is 3.36. The normalized spacial score (nSPS) is 10.3. The summed E-state index contributed by atoms with van der Waals surface area (Å²) in [6.07, 6.45) is 0. The number of hydrogen-bond donors (Lipinski definition) is 0. The van der Waals surface area contributed by atoms with Crippen LogP contribution in [0.25, 0.3) is 10.9 Å². The predicted octanol–water partition coefficient (Wildman–Crippen LogP) is 2.56. The number of aromatic nitrogens is 1. The van der Waals surface area contributed by atoms with Crippen LogP contribution in [0.3, 0.4) is 0 Å². The molecule has 0 aliphatic heterocycles. The number of aryl methyl sites for hydroxylation is 1. The van der Waals surface area contributed by atoms with Crippen LogP contribution in [0.1, 0.15) is 5.56 Å². The first-order valence-corrected chi connectivity index (χ1v) is 4.74. The van der Waals surface area contributed by atoms with Crippen molar-refractivity contribution in [3.63, 3.8) is 0 Å². The van der Waals surface area contributed by atoms with Crippen LogP contribution >= 0.6 is 0 Å². The zero-order valence-electron chi connectivity index (χ0n) is 9.07. The molecule has 0 atom stereocenters. The summed E-state index contributed by atoms with van der Waals surface area (Å²) in [5, 5.41) is 1.12. The Bertz CT molecular complexity index is 489. The summed E-state index contributed by atoms with van der Waals surface area (Å²) in [6, 6.07) is 7.78. The second-order valence-corrected chi connectivity index (χ2v) is 3.36. The summed E-state index contributed by atoms with van der Waals surface area (Å²) in [5.74, 6) is 1.44. The van der Waals surface area contributed by atoms with Gasteiger partial charge in [-0.15, -0.1) is 0 Å². The van der Waals surface area contributed by atoms with Gasteiger partial charge in [0.15, 0.2) is 0 Å². The van der Waals surface area contributed by atoms with Crippen LogP contribution in [-0.4, -0.2) is 19.2 Å². The SMILES string of the molecule is COc1ccc2c(C)cc(OC)nc2c1. The zero-order valence-corrected chi connectivity index (χ0v) is 9.07. The first kappa shape index (κ1) is 9.77. The fraction of sp³-hybridized carbons (Fsp3) is 0.250. The summed E-state index contributed by atoms with van der Waals surface area (Å²) in [7, 11) is 3.27. The van der Waals surface area contributed by atoms with Gasteiger partial charge in [-0.05, 0) is 24.6 Å². The lowest BCUT2D eigenvalue weighted by molar-refractivity contribution is 0.399. The monoisotopic (exact) mass is 203 g/mol. The van der Waals surface area contributed by atoms with Gasteiger partial charge in [0.25, 0.3) is 0 Å². The first-order valence-electron chi connectivity index (χ1n) is 4.74. The van der Waals surface area contributed by atoms with E-state index in [1.165, 1.54) is 0 Å². The Morgan fingerprint density at radius 1 is 1.07 bits per heavy atom. The predicted molar refractivity (Wildman–Crippen MR) is 59.6 cm³/mol. The number of methoxy groups -OCH3 is 2. The Balaban J connectivity index is 2.69. The molecule has 0 unspecified atom stereocenters. The molecule has 78 valence electrons. The van der Waals surface area contributed by atoms with Crippen molar-refractivity contribution in [2.24, 2.45) is 0 Å². The third-order valence-corrected chi connectivity index (χ3v) is 2.41. The van der Waals surface area contributed by atoms with Crippen LogP contribution in [0.4, 0.5) is 0 Å². The number of nitrogens with zero attached hydrogens (tertiary/aromatic N) is 1. The number of benzene rings is 1. The van der Waals surface area contributed by atoms with E-state index in [4.69, 9.17) is 9.47 Å². The van der Waals surface area contributed by atoms with Crippen molar-refractivity contribution in [2.75, 3.05) is 14.2 Å². The Hall–Kier alpha value is -1.77. The molecule has 3 heteroatoms. The molecule has 1 aromatic carbocycles. The van der Waals surface area contributed by atoms with Crippen molar-refractivity contribution in [1.29, 1.82) is 0 Å². The third-order valence-electron chi connectivity index (χ3n) is 2.41. The lowest BCUT2D eigenvalue weighted by Gasteiger charge is -2.06. The van der Waals surface area contributed by atoms with E-state index < -0.39 is 0 Å². The van der Waals surface area contributed by atoms with Crippen LogP contribution in [0, 0.1) is 6.92 Å². The average Bonchev–Trinajstić information content (AvgIpc) is 2.28. The van der Waals surface area contributed by atoms with Crippen molar-refractivity contribution >= 4 is 10.9 Å². The minimum absolute atomic E-state index is 0.633. The highest BCUT2D eigenvalue weighted by Crippen LogP contribution is 2.24. The van der Waals surface area contributed by atoms with Gasteiger partial charge in [0.1, 0.15) is 5.75 Å². The van der Waals surface area contributed by atoms with Gasteiger partial charge < -0.3 is 9.47 Å². The molecule has 0 aliphatic rings. The van der Waals surface area contributed by atoms with Crippen LogP contribution in [0.15, 0.2) is 24.3 Å². The van der Waals surface area contributed by atoms with E-state index in [1.807, 2.05) is 31.2 Å². The standard InChI is InChI=1S/C12H13NO2/c1-8-6-12(15-3)13-11-7-9(14-2)4-5-10(8)11/h4-7H,1-3H3. The molecule has 0 saturated carbocycles. The molecule has 3 nitrogen and oxygen atoms in total. The molecule has 0 N–H and O–H groups in total. The third kappa shape index (κ3) is 1.73. The summed E-state index contributed by atoms with van der Waals surface area (Å²) in [5.41, 5.74) is 2.05. The quantitative estimate of drug-likeness (QED) is 0.751. The van der Waals surface area contributed by atoms with E-state index in [-0.39, 0.29) is 0 Å². The molecule has 0 fully saturated rings. The molecule has 1 heterocycles. The molecule has 0 radical (unpaired) electrons. The minimum Gasteiger partial charge on any atom is -0.497 e. The van der Waals surface area contributed by atoms with Gasteiger partial charge in [0, 0.05) is 17.5 Å². The lowest BCUT2D eigenvalue weighted by atomic mass is 10.1. The maximum atomic E-state index is 5.15. The highest BCUT2D eigenvalue weighted by molar-refractivity contribution is 5.83. The van der Waals surface area contributed by atoms with Crippen molar-refractivity contribution < 1.29 is 9.47 Å². The smallest absolute Gasteiger partial charge is 0.213 e. The number of pyridine rings is 1. The van der Waals surface area contributed by atoms with Crippen molar-refractivity contribution in [3.8, 4) is 11.6 Å². The Morgan fingerprint density at radius 2 is 1.87 bits per heavy atom. The summed E-state index contributed by atoms with van der Waals surface area (Å²) in [6.45, 7) is 2.04. The molecule has 0 saturated heterocycles. The molecular weight excluding hydrogens is 190 g/mol. The molecule has 2 rings (SSSR count). The van der Waals surface area contributed by atoms with E-state index in [2.05, 4.69) is 4.98 Å². The first-order chi connectivity index (χ1) is 7.24. The number of ether oxygens (including phenoxy) is 2.